The van der Waals surface area contributed by atoms with Crippen molar-refractivity contribution in [1.29, 1.82) is 5.26 Å². The number of rotatable bonds is 5. The highest BCUT2D eigenvalue weighted by Crippen LogP contribution is 2.36. The third kappa shape index (κ3) is 4.22. The van der Waals surface area contributed by atoms with Crippen molar-refractivity contribution < 1.29 is 9.66 Å². The van der Waals surface area contributed by atoms with Gasteiger partial charge in [0, 0.05) is 12.1 Å². The number of nitriles is 1. The number of ether oxygens (including phenoxy) is 1. The molecule has 0 spiro atoms. The number of nitrogens with zero attached hydrogens (tertiary/aromatic N) is 2. The first-order valence-electron chi connectivity index (χ1n) is 6.94. The van der Waals surface area contributed by atoms with Gasteiger partial charge in [0.25, 0.3) is 5.69 Å². The van der Waals surface area contributed by atoms with Crippen LogP contribution < -0.4 is 4.74 Å². The van der Waals surface area contributed by atoms with Gasteiger partial charge in [-0.05, 0) is 68.1 Å². The number of halogens is 2. The third-order valence-corrected chi connectivity index (χ3v) is 4.29. The van der Waals surface area contributed by atoms with Crippen LogP contribution in [0.25, 0.3) is 11.6 Å². The van der Waals surface area contributed by atoms with Crippen molar-refractivity contribution in [3.05, 3.63) is 66.6 Å². The normalized spacial score (nSPS) is 11.0. The van der Waals surface area contributed by atoms with Crippen molar-refractivity contribution in [3.63, 3.8) is 0 Å². The van der Waals surface area contributed by atoms with Crippen LogP contribution in [0.15, 0.2) is 45.3 Å². The first-order chi connectivity index (χ1) is 11.5. The second-order valence-corrected chi connectivity index (χ2v) is 6.43. The largest absolute Gasteiger partial charge is 0.492 e. The lowest BCUT2D eigenvalue weighted by Crippen LogP contribution is -1.94. The molecule has 0 amide bonds. The Balaban J connectivity index is 2.47. The van der Waals surface area contributed by atoms with Crippen molar-refractivity contribution in [2.24, 2.45) is 0 Å². The first-order valence-corrected chi connectivity index (χ1v) is 8.53. The lowest BCUT2D eigenvalue weighted by Gasteiger charge is -2.09. The topological polar surface area (TPSA) is 76.2 Å². The van der Waals surface area contributed by atoms with E-state index in [1.165, 1.54) is 12.1 Å². The first kappa shape index (κ1) is 18.2. The zero-order valence-corrected chi connectivity index (χ0v) is 15.8. The Morgan fingerprint density at radius 1 is 1.33 bits per heavy atom. The summed E-state index contributed by atoms with van der Waals surface area (Å²) in [5.41, 5.74) is 1.54. The molecule has 0 saturated carbocycles. The van der Waals surface area contributed by atoms with Crippen molar-refractivity contribution >= 4 is 49.2 Å². The van der Waals surface area contributed by atoms with E-state index in [0.717, 1.165) is 14.5 Å². The van der Waals surface area contributed by atoms with E-state index in [1.807, 2.05) is 19.1 Å². The summed E-state index contributed by atoms with van der Waals surface area (Å²) in [4.78, 5) is 10.4. The molecule has 0 aliphatic heterocycles. The minimum atomic E-state index is -0.484. The van der Waals surface area contributed by atoms with Gasteiger partial charge in [-0.2, -0.15) is 5.26 Å². The molecule has 5 nitrogen and oxygen atoms in total. The predicted molar refractivity (Wildman–Crippen MR) is 99.6 cm³/mol. The molecule has 0 aromatic heterocycles. The number of nitro benzene ring substituents is 1. The molecule has 0 aliphatic rings. The summed E-state index contributed by atoms with van der Waals surface area (Å²) in [6.45, 7) is 2.42. The standard InChI is InChI=1S/C17H12Br2N2O3/c1-2-24-17-15(18)7-11(8-16(17)19)6-13(10-20)12-4-3-5-14(9-12)21(22)23/h3-9H,2H2,1H3. The Labute approximate surface area is 156 Å². The molecule has 0 saturated heterocycles. The average molecular weight is 452 g/mol. The van der Waals surface area contributed by atoms with Crippen LogP contribution in [0, 0.1) is 21.4 Å². The third-order valence-electron chi connectivity index (χ3n) is 3.11. The molecule has 2 rings (SSSR count). The summed E-state index contributed by atoms with van der Waals surface area (Å²) >= 11 is 6.88. The quantitative estimate of drug-likeness (QED) is 0.257. The number of non-ortho nitro benzene ring substituents is 1. The van der Waals surface area contributed by atoms with Gasteiger partial charge in [0.05, 0.1) is 32.1 Å². The fraction of sp³-hybridized carbons (Fsp3) is 0.118. The second-order valence-electron chi connectivity index (χ2n) is 4.72. The van der Waals surface area contributed by atoms with Crippen molar-refractivity contribution in [1.82, 2.24) is 0 Å². The van der Waals surface area contributed by atoms with Gasteiger partial charge in [-0.1, -0.05) is 12.1 Å². The van der Waals surface area contributed by atoms with Crippen LogP contribution in [0.3, 0.4) is 0 Å². The highest BCUT2D eigenvalue weighted by Gasteiger charge is 2.11. The van der Waals surface area contributed by atoms with Crippen LogP contribution in [0.1, 0.15) is 18.1 Å². The molecule has 0 bridgehead atoms. The smallest absolute Gasteiger partial charge is 0.270 e. The second kappa shape index (κ2) is 8.08. The summed E-state index contributed by atoms with van der Waals surface area (Å²) in [5.74, 6) is 0.684. The fourth-order valence-electron chi connectivity index (χ4n) is 2.08. The molecule has 2 aromatic carbocycles. The minimum Gasteiger partial charge on any atom is -0.492 e. The summed E-state index contributed by atoms with van der Waals surface area (Å²) in [7, 11) is 0. The molecular formula is C17H12Br2N2O3. The van der Waals surface area contributed by atoms with E-state index < -0.39 is 4.92 Å². The van der Waals surface area contributed by atoms with Gasteiger partial charge in [-0.25, -0.2) is 0 Å². The molecular weight excluding hydrogens is 440 g/mol. The molecule has 2 aromatic rings. The maximum Gasteiger partial charge on any atom is 0.270 e. The Kier molecular flexibility index (Phi) is 6.12. The number of benzene rings is 2. The van der Waals surface area contributed by atoms with Gasteiger partial charge in [0.1, 0.15) is 5.75 Å². The van der Waals surface area contributed by atoms with E-state index in [4.69, 9.17) is 4.74 Å². The van der Waals surface area contributed by atoms with Crippen molar-refractivity contribution in [3.8, 4) is 11.8 Å². The summed E-state index contributed by atoms with van der Waals surface area (Å²) in [6, 6.07) is 11.7. The van der Waals surface area contributed by atoms with Crippen molar-refractivity contribution in [2.75, 3.05) is 6.61 Å². The fourth-order valence-corrected chi connectivity index (χ4v) is 3.53. The minimum absolute atomic E-state index is 0.0531. The van der Waals surface area contributed by atoms with Gasteiger partial charge in [-0.3, -0.25) is 10.1 Å². The SMILES string of the molecule is CCOc1c(Br)cc(C=C(C#N)c2cccc([N+](=O)[O-])c2)cc1Br. The van der Waals surface area contributed by atoms with E-state index in [0.29, 0.717) is 23.5 Å². The summed E-state index contributed by atoms with van der Waals surface area (Å²) in [6.07, 6.45) is 1.67. The van der Waals surface area contributed by atoms with E-state index in [9.17, 15) is 15.4 Å². The Hall–Kier alpha value is -2.17. The number of allylic oxidation sites excluding steroid dienone is 1. The monoisotopic (exact) mass is 450 g/mol. The molecule has 0 heterocycles. The highest BCUT2D eigenvalue weighted by atomic mass is 79.9. The molecule has 0 N–H and O–H groups in total. The van der Waals surface area contributed by atoms with E-state index in [-0.39, 0.29) is 5.69 Å². The Bertz CT molecular complexity index is 834. The van der Waals surface area contributed by atoms with Crippen molar-refractivity contribution in [2.45, 2.75) is 6.92 Å². The number of nitro groups is 1. The number of hydrogen-bond acceptors (Lipinski definition) is 4. The van der Waals surface area contributed by atoms with Gasteiger partial charge >= 0.3 is 0 Å². The zero-order chi connectivity index (χ0) is 17.7. The molecule has 7 heteroatoms. The predicted octanol–water partition coefficient (Wildman–Crippen LogP) is 5.58. The molecule has 0 aliphatic carbocycles. The summed E-state index contributed by atoms with van der Waals surface area (Å²) < 4.78 is 7.03. The Morgan fingerprint density at radius 3 is 2.54 bits per heavy atom. The van der Waals surface area contributed by atoms with Crippen LogP contribution >= 0.6 is 31.9 Å². The molecule has 0 unspecified atom stereocenters. The lowest BCUT2D eigenvalue weighted by molar-refractivity contribution is -0.384. The van der Waals surface area contributed by atoms with Gasteiger partial charge < -0.3 is 4.74 Å². The maximum atomic E-state index is 10.9. The van der Waals surface area contributed by atoms with Crippen LogP contribution in [-0.4, -0.2) is 11.5 Å². The zero-order valence-electron chi connectivity index (χ0n) is 12.6. The van der Waals surface area contributed by atoms with Gasteiger partial charge in [-0.15, -0.1) is 0 Å². The highest BCUT2D eigenvalue weighted by molar-refractivity contribution is 9.11. The van der Waals surface area contributed by atoms with E-state index >= 15 is 0 Å². The van der Waals surface area contributed by atoms with Crippen LogP contribution in [-0.2, 0) is 0 Å². The van der Waals surface area contributed by atoms with E-state index in [1.54, 1.807) is 18.2 Å². The average Bonchev–Trinajstić information content (AvgIpc) is 2.56. The molecule has 24 heavy (non-hydrogen) atoms. The maximum absolute atomic E-state index is 10.9. The van der Waals surface area contributed by atoms with E-state index in [2.05, 4.69) is 37.9 Å². The van der Waals surface area contributed by atoms with Gasteiger partial charge in [0.2, 0.25) is 0 Å². The van der Waals surface area contributed by atoms with Crippen LogP contribution in [0.2, 0.25) is 0 Å². The lowest BCUT2D eigenvalue weighted by atomic mass is 10.0. The van der Waals surface area contributed by atoms with Crippen LogP contribution in [0.4, 0.5) is 5.69 Å². The summed E-state index contributed by atoms with van der Waals surface area (Å²) in [5, 5.41) is 20.3. The van der Waals surface area contributed by atoms with Gasteiger partial charge in [0.15, 0.2) is 0 Å². The molecule has 0 radical (unpaired) electrons. The molecule has 122 valence electrons. The molecule has 0 atom stereocenters. The molecule has 0 fully saturated rings. The van der Waals surface area contributed by atoms with Crippen LogP contribution in [0.5, 0.6) is 5.75 Å². The number of hydrogen-bond donors (Lipinski definition) is 0. The Morgan fingerprint density at radius 2 is 2.00 bits per heavy atom.